The lowest BCUT2D eigenvalue weighted by molar-refractivity contribution is 0.112. The molecule has 2 heterocycles. The van der Waals surface area contributed by atoms with Crippen LogP contribution >= 0.6 is 0 Å². The van der Waals surface area contributed by atoms with Gasteiger partial charge in [0.15, 0.2) is 6.29 Å². The van der Waals surface area contributed by atoms with Crippen LogP contribution in [0.3, 0.4) is 0 Å². The Morgan fingerprint density at radius 3 is 2.84 bits per heavy atom. The zero-order valence-electron chi connectivity index (χ0n) is 10.9. The van der Waals surface area contributed by atoms with Crippen LogP contribution in [-0.2, 0) is 7.05 Å². The molecular weight excluding hydrogens is 236 g/mol. The monoisotopic (exact) mass is 250 g/mol. The number of aldehydes is 1. The summed E-state index contributed by atoms with van der Waals surface area (Å²) in [5.41, 5.74) is 4.88. The molecule has 0 aliphatic heterocycles. The summed E-state index contributed by atoms with van der Waals surface area (Å²) in [6.45, 7) is 2.06. The van der Waals surface area contributed by atoms with Gasteiger partial charge in [0.2, 0.25) is 0 Å². The van der Waals surface area contributed by atoms with Gasteiger partial charge in [-0.3, -0.25) is 4.79 Å². The number of aromatic nitrogens is 2. The van der Waals surface area contributed by atoms with Crippen molar-refractivity contribution >= 4 is 17.3 Å². The summed E-state index contributed by atoms with van der Waals surface area (Å²) < 4.78 is 1.89. The van der Waals surface area contributed by atoms with Crippen LogP contribution in [0.1, 0.15) is 15.9 Å². The average molecular weight is 250 g/mol. The van der Waals surface area contributed by atoms with Crippen molar-refractivity contribution in [1.29, 1.82) is 0 Å². The van der Waals surface area contributed by atoms with E-state index in [1.54, 1.807) is 6.20 Å². The lowest BCUT2D eigenvalue weighted by Gasteiger charge is -2.05. The van der Waals surface area contributed by atoms with E-state index in [2.05, 4.69) is 30.1 Å². The van der Waals surface area contributed by atoms with E-state index < -0.39 is 0 Å². The molecule has 0 spiro atoms. The van der Waals surface area contributed by atoms with Gasteiger partial charge in [-0.1, -0.05) is 29.8 Å². The summed E-state index contributed by atoms with van der Waals surface area (Å²) >= 11 is 0. The molecule has 3 rings (SSSR count). The molecule has 1 aromatic carbocycles. The Kier molecular flexibility index (Phi) is 2.67. The predicted molar refractivity (Wildman–Crippen MR) is 76.3 cm³/mol. The molecule has 0 bridgehead atoms. The number of carbonyl (C=O) groups excluding carboxylic acids is 1. The van der Waals surface area contributed by atoms with Gasteiger partial charge in [-0.25, -0.2) is 4.98 Å². The highest BCUT2D eigenvalue weighted by Crippen LogP contribution is 2.30. The number of hydrogen-bond donors (Lipinski definition) is 0. The number of fused-ring (bicyclic) bond motifs is 1. The molecule has 0 fully saturated rings. The Morgan fingerprint density at radius 2 is 2.11 bits per heavy atom. The smallest absolute Gasteiger partial charge is 0.152 e. The Morgan fingerprint density at radius 1 is 1.26 bits per heavy atom. The van der Waals surface area contributed by atoms with Crippen LogP contribution in [0, 0.1) is 6.92 Å². The fourth-order valence-corrected chi connectivity index (χ4v) is 2.48. The molecule has 0 aliphatic rings. The topological polar surface area (TPSA) is 34.9 Å². The highest BCUT2D eigenvalue weighted by atomic mass is 16.1. The average Bonchev–Trinajstić information content (AvgIpc) is 2.76. The van der Waals surface area contributed by atoms with E-state index in [4.69, 9.17) is 0 Å². The Balaban J connectivity index is 2.38. The minimum absolute atomic E-state index is 0.683. The minimum Gasteiger partial charge on any atom is -0.335 e. The van der Waals surface area contributed by atoms with Crippen molar-refractivity contribution in [1.82, 2.24) is 9.55 Å². The quantitative estimate of drug-likeness (QED) is 0.654. The molecule has 2 aromatic heterocycles. The summed E-state index contributed by atoms with van der Waals surface area (Å²) in [6.07, 6.45) is 4.50. The molecule has 0 saturated heterocycles. The van der Waals surface area contributed by atoms with Gasteiger partial charge in [0.1, 0.15) is 5.65 Å². The number of pyridine rings is 1. The van der Waals surface area contributed by atoms with Crippen molar-refractivity contribution in [3.63, 3.8) is 0 Å². The third kappa shape index (κ3) is 1.83. The first-order valence-electron chi connectivity index (χ1n) is 6.17. The lowest BCUT2D eigenvalue weighted by atomic mass is 10.0. The van der Waals surface area contributed by atoms with E-state index >= 15 is 0 Å². The second kappa shape index (κ2) is 4.35. The van der Waals surface area contributed by atoms with Crippen molar-refractivity contribution in [2.45, 2.75) is 6.92 Å². The van der Waals surface area contributed by atoms with Crippen LogP contribution in [0.5, 0.6) is 0 Å². The van der Waals surface area contributed by atoms with E-state index in [0.29, 0.717) is 5.56 Å². The first-order valence-corrected chi connectivity index (χ1v) is 6.17. The van der Waals surface area contributed by atoms with Crippen LogP contribution in [0.2, 0.25) is 0 Å². The third-order valence-electron chi connectivity index (χ3n) is 3.34. The van der Waals surface area contributed by atoms with Crippen LogP contribution in [0.25, 0.3) is 22.2 Å². The third-order valence-corrected chi connectivity index (χ3v) is 3.34. The maximum absolute atomic E-state index is 11.2. The highest BCUT2D eigenvalue weighted by molar-refractivity contribution is 6.04. The fraction of sp³-hybridized carbons (Fsp3) is 0.125. The summed E-state index contributed by atoms with van der Waals surface area (Å²) in [6, 6.07) is 10.2. The first kappa shape index (κ1) is 11.7. The van der Waals surface area contributed by atoms with Gasteiger partial charge < -0.3 is 4.57 Å². The zero-order valence-corrected chi connectivity index (χ0v) is 10.9. The molecule has 94 valence electrons. The number of benzene rings is 1. The van der Waals surface area contributed by atoms with E-state index in [1.807, 2.05) is 29.9 Å². The van der Waals surface area contributed by atoms with Crippen LogP contribution in [0.15, 0.2) is 42.7 Å². The Labute approximate surface area is 111 Å². The van der Waals surface area contributed by atoms with Crippen molar-refractivity contribution in [2.24, 2.45) is 7.05 Å². The summed E-state index contributed by atoms with van der Waals surface area (Å²) in [5, 5.41) is 0.922. The van der Waals surface area contributed by atoms with Crippen molar-refractivity contribution in [3.8, 4) is 11.1 Å². The highest BCUT2D eigenvalue weighted by Gasteiger charge is 2.12. The first-order chi connectivity index (χ1) is 9.20. The molecule has 0 N–H and O–H groups in total. The van der Waals surface area contributed by atoms with Gasteiger partial charge in [0.05, 0.1) is 0 Å². The maximum atomic E-state index is 11.2. The van der Waals surface area contributed by atoms with Crippen LogP contribution < -0.4 is 0 Å². The largest absolute Gasteiger partial charge is 0.335 e. The number of carbonyl (C=O) groups is 1. The standard InChI is InChI=1S/C16H14N2O/c1-11-4-3-5-12(8-11)14-6-7-17-16-15(14)13(10-19)9-18(16)2/h3-10H,1-2H3. The van der Waals surface area contributed by atoms with Crippen molar-refractivity contribution in [3.05, 3.63) is 53.9 Å². The summed E-state index contributed by atoms with van der Waals surface area (Å²) in [4.78, 5) is 15.6. The fourth-order valence-electron chi connectivity index (χ4n) is 2.48. The van der Waals surface area contributed by atoms with Crippen LogP contribution in [-0.4, -0.2) is 15.8 Å². The molecule has 3 nitrogen and oxygen atoms in total. The van der Waals surface area contributed by atoms with Gasteiger partial charge in [-0.05, 0) is 24.1 Å². The predicted octanol–water partition coefficient (Wildman–Crippen LogP) is 3.36. The van der Waals surface area contributed by atoms with E-state index in [0.717, 1.165) is 28.4 Å². The van der Waals surface area contributed by atoms with Gasteiger partial charge in [-0.15, -0.1) is 0 Å². The van der Waals surface area contributed by atoms with Gasteiger partial charge in [0.25, 0.3) is 0 Å². The van der Waals surface area contributed by atoms with Gasteiger partial charge in [0, 0.05) is 30.4 Å². The zero-order chi connectivity index (χ0) is 13.4. The van der Waals surface area contributed by atoms with Gasteiger partial charge in [-0.2, -0.15) is 0 Å². The Hall–Kier alpha value is -2.42. The Bertz CT molecular complexity index is 772. The second-order valence-electron chi connectivity index (χ2n) is 4.74. The molecule has 0 unspecified atom stereocenters. The molecule has 3 heteroatoms. The SMILES string of the molecule is Cc1cccc(-c2ccnc3c2c(C=O)cn3C)c1. The molecule has 0 amide bonds. The lowest BCUT2D eigenvalue weighted by Crippen LogP contribution is -1.89. The van der Waals surface area contributed by atoms with E-state index in [1.165, 1.54) is 5.56 Å². The van der Waals surface area contributed by atoms with E-state index in [9.17, 15) is 4.79 Å². The second-order valence-corrected chi connectivity index (χ2v) is 4.74. The maximum Gasteiger partial charge on any atom is 0.152 e. The number of hydrogen-bond acceptors (Lipinski definition) is 2. The molecule has 0 radical (unpaired) electrons. The number of rotatable bonds is 2. The minimum atomic E-state index is 0.683. The molecule has 0 atom stereocenters. The summed E-state index contributed by atoms with van der Waals surface area (Å²) in [5.74, 6) is 0. The molecule has 19 heavy (non-hydrogen) atoms. The number of nitrogens with zero attached hydrogens (tertiary/aromatic N) is 2. The normalized spacial score (nSPS) is 10.8. The number of aryl methyl sites for hydroxylation is 2. The van der Waals surface area contributed by atoms with Crippen LogP contribution in [0.4, 0.5) is 0 Å². The van der Waals surface area contributed by atoms with Crippen molar-refractivity contribution < 1.29 is 4.79 Å². The van der Waals surface area contributed by atoms with Gasteiger partial charge >= 0.3 is 0 Å². The van der Waals surface area contributed by atoms with E-state index in [-0.39, 0.29) is 0 Å². The summed E-state index contributed by atoms with van der Waals surface area (Å²) in [7, 11) is 1.91. The molecular formula is C16H14N2O. The molecule has 0 saturated carbocycles. The molecule has 3 aromatic rings. The van der Waals surface area contributed by atoms with Crippen molar-refractivity contribution in [2.75, 3.05) is 0 Å². The molecule has 0 aliphatic carbocycles.